The lowest BCUT2D eigenvalue weighted by Gasteiger charge is -2.10. The van der Waals surface area contributed by atoms with Crippen molar-refractivity contribution in [3.05, 3.63) is 66.7 Å². The average Bonchev–Trinajstić information content (AvgIpc) is 2.63. The molecule has 128 valence electrons. The Morgan fingerprint density at radius 1 is 0.880 bits per heavy atom. The summed E-state index contributed by atoms with van der Waals surface area (Å²) < 4.78 is 5.61. The fraction of sp³-hybridized carbons (Fsp3) is 0.190. The smallest absolute Gasteiger partial charge is 0.323 e. The number of hydrogen-bond donors (Lipinski definition) is 2. The van der Waals surface area contributed by atoms with Gasteiger partial charge in [-0.2, -0.15) is 0 Å². The first-order valence-electron chi connectivity index (χ1n) is 8.54. The molecule has 4 nitrogen and oxygen atoms in total. The molecule has 0 aromatic heterocycles. The number of carbonyl (C=O) groups is 1. The maximum atomic E-state index is 12.2. The summed E-state index contributed by atoms with van der Waals surface area (Å²) in [5, 5.41) is 7.92. The van der Waals surface area contributed by atoms with Crippen molar-refractivity contribution in [1.29, 1.82) is 0 Å². The van der Waals surface area contributed by atoms with Crippen LogP contribution in [-0.4, -0.2) is 12.6 Å². The number of urea groups is 1. The van der Waals surface area contributed by atoms with Gasteiger partial charge in [0.25, 0.3) is 0 Å². The van der Waals surface area contributed by atoms with Crippen LogP contribution >= 0.6 is 0 Å². The van der Waals surface area contributed by atoms with Gasteiger partial charge in [-0.15, -0.1) is 0 Å². The van der Waals surface area contributed by atoms with Crippen molar-refractivity contribution in [1.82, 2.24) is 0 Å². The van der Waals surface area contributed by atoms with Gasteiger partial charge in [0.05, 0.1) is 6.61 Å². The third-order valence-electron chi connectivity index (χ3n) is 3.89. The van der Waals surface area contributed by atoms with Gasteiger partial charge in [-0.25, -0.2) is 4.79 Å². The van der Waals surface area contributed by atoms with Crippen molar-refractivity contribution in [2.75, 3.05) is 17.2 Å². The van der Waals surface area contributed by atoms with Crippen LogP contribution in [0.25, 0.3) is 10.8 Å². The van der Waals surface area contributed by atoms with E-state index in [-0.39, 0.29) is 6.03 Å². The summed E-state index contributed by atoms with van der Waals surface area (Å²) in [7, 11) is 0. The minimum absolute atomic E-state index is 0.269. The fourth-order valence-corrected chi connectivity index (χ4v) is 2.53. The number of ether oxygens (including phenoxy) is 1. The van der Waals surface area contributed by atoms with E-state index in [1.165, 1.54) is 0 Å². The summed E-state index contributed by atoms with van der Waals surface area (Å²) in [6.07, 6.45) is 2.14. The number of unbranched alkanes of at least 4 members (excludes halogenated alkanes) is 1. The first-order chi connectivity index (χ1) is 12.2. The van der Waals surface area contributed by atoms with Crippen LogP contribution in [0.5, 0.6) is 5.75 Å². The summed E-state index contributed by atoms with van der Waals surface area (Å²) in [4.78, 5) is 12.2. The van der Waals surface area contributed by atoms with Gasteiger partial charge in [0.15, 0.2) is 0 Å². The lowest BCUT2D eigenvalue weighted by atomic mass is 10.1. The molecule has 0 aliphatic carbocycles. The first kappa shape index (κ1) is 16.8. The van der Waals surface area contributed by atoms with E-state index in [1.807, 2.05) is 66.7 Å². The molecule has 25 heavy (non-hydrogen) atoms. The molecular weight excluding hydrogens is 312 g/mol. The highest BCUT2D eigenvalue weighted by atomic mass is 16.5. The van der Waals surface area contributed by atoms with Gasteiger partial charge in [0.1, 0.15) is 5.75 Å². The van der Waals surface area contributed by atoms with Crippen LogP contribution < -0.4 is 15.4 Å². The van der Waals surface area contributed by atoms with Crippen molar-refractivity contribution in [3.8, 4) is 5.75 Å². The summed E-state index contributed by atoms with van der Waals surface area (Å²) in [5.74, 6) is 0.814. The zero-order valence-electron chi connectivity index (χ0n) is 14.3. The van der Waals surface area contributed by atoms with E-state index in [0.29, 0.717) is 6.61 Å². The molecule has 0 unspecified atom stereocenters. The minimum atomic E-state index is -0.269. The zero-order chi connectivity index (χ0) is 17.5. The lowest BCUT2D eigenvalue weighted by Crippen LogP contribution is -2.19. The number of rotatable bonds is 6. The van der Waals surface area contributed by atoms with Crippen molar-refractivity contribution in [2.24, 2.45) is 0 Å². The van der Waals surface area contributed by atoms with Crippen LogP contribution in [-0.2, 0) is 0 Å². The summed E-state index contributed by atoms with van der Waals surface area (Å²) in [6.45, 7) is 2.84. The highest BCUT2D eigenvalue weighted by molar-refractivity contribution is 6.01. The van der Waals surface area contributed by atoms with E-state index in [0.717, 1.165) is 40.7 Å². The highest BCUT2D eigenvalue weighted by Crippen LogP contribution is 2.20. The SMILES string of the molecule is CCCCOc1ccc(NC(=O)Nc2ccc3ccccc3c2)cc1. The Morgan fingerprint density at radius 2 is 1.56 bits per heavy atom. The molecule has 3 aromatic carbocycles. The third-order valence-corrected chi connectivity index (χ3v) is 3.89. The van der Waals surface area contributed by atoms with E-state index in [4.69, 9.17) is 4.74 Å². The standard InChI is InChI=1S/C21H22N2O2/c1-2-3-14-25-20-12-10-18(11-13-20)22-21(24)23-19-9-8-16-6-4-5-7-17(16)15-19/h4-13,15H,2-3,14H2,1H3,(H2,22,23,24). The second-order valence-corrected chi connectivity index (χ2v) is 5.87. The Kier molecular flexibility index (Phi) is 5.52. The molecular formula is C21H22N2O2. The summed E-state index contributed by atoms with van der Waals surface area (Å²) in [5.41, 5.74) is 1.48. The predicted octanol–water partition coefficient (Wildman–Crippen LogP) is 5.66. The second-order valence-electron chi connectivity index (χ2n) is 5.87. The Labute approximate surface area is 147 Å². The van der Waals surface area contributed by atoms with E-state index in [9.17, 15) is 4.79 Å². The number of anilines is 2. The molecule has 3 rings (SSSR count). The number of nitrogens with one attached hydrogen (secondary N) is 2. The van der Waals surface area contributed by atoms with Crippen LogP contribution in [0.2, 0.25) is 0 Å². The molecule has 2 N–H and O–H groups in total. The van der Waals surface area contributed by atoms with Gasteiger partial charge in [-0.05, 0) is 53.6 Å². The van der Waals surface area contributed by atoms with Gasteiger partial charge < -0.3 is 15.4 Å². The molecule has 0 aliphatic heterocycles. The first-order valence-corrected chi connectivity index (χ1v) is 8.54. The summed E-state index contributed by atoms with van der Waals surface area (Å²) >= 11 is 0. The molecule has 0 spiro atoms. The van der Waals surface area contributed by atoms with Gasteiger partial charge in [0.2, 0.25) is 0 Å². The minimum Gasteiger partial charge on any atom is -0.494 e. The highest BCUT2D eigenvalue weighted by Gasteiger charge is 2.04. The molecule has 0 saturated heterocycles. The Balaban J connectivity index is 1.57. The average molecular weight is 334 g/mol. The number of hydrogen-bond acceptors (Lipinski definition) is 2. The van der Waals surface area contributed by atoms with Gasteiger partial charge in [-0.1, -0.05) is 43.7 Å². The molecule has 0 radical (unpaired) electrons. The fourth-order valence-electron chi connectivity index (χ4n) is 2.53. The van der Waals surface area contributed by atoms with E-state index >= 15 is 0 Å². The molecule has 3 aromatic rings. The van der Waals surface area contributed by atoms with Crippen molar-refractivity contribution < 1.29 is 9.53 Å². The monoisotopic (exact) mass is 334 g/mol. The second kappa shape index (κ2) is 8.20. The van der Waals surface area contributed by atoms with Gasteiger partial charge in [-0.3, -0.25) is 0 Å². The molecule has 4 heteroatoms. The van der Waals surface area contributed by atoms with Crippen LogP contribution in [0.3, 0.4) is 0 Å². The van der Waals surface area contributed by atoms with Gasteiger partial charge in [0, 0.05) is 11.4 Å². The van der Waals surface area contributed by atoms with E-state index in [2.05, 4.69) is 17.6 Å². The molecule has 0 atom stereocenters. The van der Waals surface area contributed by atoms with E-state index < -0.39 is 0 Å². The van der Waals surface area contributed by atoms with E-state index in [1.54, 1.807) is 0 Å². The number of fused-ring (bicyclic) bond motifs is 1. The molecule has 2 amide bonds. The van der Waals surface area contributed by atoms with Crippen LogP contribution in [0, 0.1) is 0 Å². The largest absolute Gasteiger partial charge is 0.494 e. The van der Waals surface area contributed by atoms with Crippen molar-refractivity contribution in [3.63, 3.8) is 0 Å². The quantitative estimate of drug-likeness (QED) is 0.571. The predicted molar refractivity (Wildman–Crippen MR) is 103 cm³/mol. The molecule has 0 saturated carbocycles. The van der Waals surface area contributed by atoms with Crippen LogP contribution in [0.4, 0.5) is 16.2 Å². The molecule has 0 heterocycles. The molecule has 0 aliphatic rings. The number of amides is 2. The number of carbonyl (C=O) groups excluding carboxylic acids is 1. The maximum Gasteiger partial charge on any atom is 0.323 e. The summed E-state index contributed by atoms with van der Waals surface area (Å²) in [6, 6.07) is 21.0. The number of benzene rings is 3. The normalized spacial score (nSPS) is 10.4. The third kappa shape index (κ3) is 4.73. The topological polar surface area (TPSA) is 50.4 Å². The Hall–Kier alpha value is -3.01. The van der Waals surface area contributed by atoms with Crippen molar-refractivity contribution in [2.45, 2.75) is 19.8 Å². The molecule has 0 bridgehead atoms. The lowest BCUT2D eigenvalue weighted by molar-refractivity contribution is 0.262. The van der Waals surface area contributed by atoms with Gasteiger partial charge >= 0.3 is 6.03 Å². The molecule has 0 fully saturated rings. The van der Waals surface area contributed by atoms with Crippen LogP contribution in [0.15, 0.2) is 66.7 Å². The zero-order valence-corrected chi connectivity index (χ0v) is 14.3. The van der Waals surface area contributed by atoms with Crippen molar-refractivity contribution >= 4 is 28.2 Å². The Morgan fingerprint density at radius 3 is 2.32 bits per heavy atom. The maximum absolute atomic E-state index is 12.2. The Bertz CT molecular complexity index is 844. The van der Waals surface area contributed by atoms with Crippen LogP contribution in [0.1, 0.15) is 19.8 Å².